The lowest BCUT2D eigenvalue weighted by Crippen LogP contribution is -2.41. The molecule has 18 heavy (non-hydrogen) atoms. The van der Waals surface area contributed by atoms with Crippen molar-refractivity contribution in [2.45, 2.75) is 12.6 Å². The highest BCUT2D eigenvalue weighted by atomic mass is 35.5. The lowest BCUT2D eigenvalue weighted by molar-refractivity contribution is 0.0519. The molecule has 0 saturated carbocycles. The first-order valence-electron chi connectivity index (χ1n) is 6.44. The van der Waals surface area contributed by atoms with E-state index in [9.17, 15) is 0 Å². The van der Waals surface area contributed by atoms with Gasteiger partial charge in [-0.2, -0.15) is 0 Å². The van der Waals surface area contributed by atoms with Gasteiger partial charge in [0.1, 0.15) is 0 Å². The van der Waals surface area contributed by atoms with Gasteiger partial charge in [-0.3, -0.25) is 9.80 Å². The molecule has 3 heterocycles. The first-order valence-corrected chi connectivity index (χ1v) is 7.70. The third kappa shape index (κ3) is 2.73. The largest absolute Gasteiger partial charge is 0.379 e. The van der Waals surface area contributed by atoms with Gasteiger partial charge in [0.25, 0.3) is 0 Å². The molecule has 2 saturated heterocycles. The van der Waals surface area contributed by atoms with E-state index in [1.54, 1.807) is 11.3 Å². The van der Waals surface area contributed by atoms with Gasteiger partial charge in [-0.15, -0.1) is 11.3 Å². The summed E-state index contributed by atoms with van der Waals surface area (Å²) in [6.45, 7) is 6.10. The Kier molecular flexibility index (Phi) is 3.91. The van der Waals surface area contributed by atoms with Crippen LogP contribution in [0.2, 0.25) is 5.02 Å². The zero-order chi connectivity index (χ0) is 12.5. The molecule has 0 aromatic carbocycles. The van der Waals surface area contributed by atoms with Gasteiger partial charge in [-0.25, -0.2) is 0 Å². The average Bonchev–Trinajstić information content (AvgIpc) is 2.53. The Morgan fingerprint density at radius 3 is 3.06 bits per heavy atom. The molecule has 2 fully saturated rings. The smallest absolute Gasteiger partial charge is 0.0634 e. The predicted molar refractivity (Wildman–Crippen MR) is 75.3 cm³/mol. The van der Waals surface area contributed by atoms with Crippen LogP contribution in [0.1, 0.15) is 4.88 Å². The molecule has 5 heteroatoms. The molecule has 0 spiro atoms. The molecular formula is C13H19ClN2OS. The fourth-order valence-electron chi connectivity index (χ4n) is 2.92. The molecule has 1 aromatic heterocycles. The summed E-state index contributed by atoms with van der Waals surface area (Å²) in [5.41, 5.74) is 0. The molecule has 2 aliphatic heterocycles. The van der Waals surface area contributed by atoms with Gasteiger partial charge in [0.15, 0.2) is 0 Å². The highest BCUT2D eigenvalue weighted by Gasteiger charge is 2.31. The maximum atomic E-state index is 6.20. The van der Waals surface area contributed by atoms with Crippen LogP contribution in [0.25, 0.3) is 0 Å². The molecule has 3 nitrogen and oxygen atoms in total. The van der Waals surface area contributed by atoms with Gasteiger partial charge in [-0.05, 0) is 18.5 Å². The Morgan fingerprint density at radius 1 is 1.39 bits per heavy atom. The van der Waals surface area contributed by atoms with Crippen molar-refractivity contribution in [3.8, 4) is 0 Å². The van der Waals surface area contributed by atoms with Gasteiger partial charge >= 0.3 is 0 Å². The van der Waals surface area contributed by atoms with Crippen LogP contribution in [0, 0.1) is 5.92 Å². The van der Waals surface area contributed by atoms with Crippen molar-refractivity contribution >= 4 is 22.9 Å². The Bertz CT molecular complexity index is 411. The van der Waals surface area contributed by atoms with Crippen molar-refractivity contribution < 1.29 is 4.74 Å². The van der Waals surface area contributed by atoms with Crippen LogP contribution < -0.4 is 0 Å². The second kappa shape index (κ2) is 5.47. The lowest BCUT2D eigenvalue weighted by atomic mass is 10.1. The Labute approximate surface area is 117 Å². The summed E-state index contributed by atoms with van der Waals surface area (Å²) in [5, 5.41) is 2.99. The minimum absolute atomic E-state index is 0.524. The number of rotatable bonds is 2. The van der Waals surface area contributed by atoms with Crippen molar-refractivity contribution in [3.63, 3.8) is 0 Å². The van der Waals surface area contributed by atoms with Gasteiger partial charge in [0, 0.05) is 43.0 Å². The highest BCUT2D eigenvalue weighted by molar-refractivity contribution is 7.10. The maximum Gasteiger partial charge on any atom is 0.0634 e. The zero-order valence-electron chi connectivity index (χ0n) is 10.6. The lowest BCUT2D eigenvalue weighted by Gasteiger charge is -2.29. The van der Waals surface area contributed by atoms with E-state index in [-0.39, 0.29) is 0 Å². The van der Waals surface area contributed by atoms with Crippen LogP contribution in [-0.4, -0.2) is 55.7 Å². The number of nitrogens with zero attached hydrogens (tertiary/aromatic N) is 2. The first kappa shape index (κ1) is 12.9. The van der Waals surface area contributed by atoms with Crippen LogP contribution >= 0.6 is 22.9 Å². The minimum atomic E-state index is 0.524. The second-order valence-electron chi connectivity index (χ2n) is 5.38. The number of ether oxygens (including phenoxy) is 1. The van der Waals surface area contributed by atoms with E-state index in [0.717, 1.165) is 44.4 Å². The number of hydrogen-bond donors (Lipinski definition) is 0. The zero-order valence-corrected chi connectivity index (χ0v) is 12.2. The molecule has 2 aliphatic rings. The minimum Gasteiger partial charge on any atom is -0.379 e. The predicted octanol–water partition coefficient (Wildman–Crippen LogP) is 2.16. The van der Waals surface area contributed by atoms with Crippen LogP contribution in [0.15, 0.2) is 11.4 Å². The number of thiophene rings is 1. The van der Waals surface area contributed by atoms with Crippen LogP contribution in [0.4, 0.5) is 0 Å². The molecule has 100 valence electrons. The topological polar surface area (TPSA) is 15.7 Å². The van der Waals surface area contributed by atoms with E-state index in [4.69, 9.17) is 16.3 Å². The Morgan fingerprint density at radius 2 is 2.28 bits per heavy atom. The molecule has 0 amide bonds. The van der Waals surface area contributed by atoms with E-state index in [0.29, 0.717) is 12.0 Å². The van der Waals surface area contributed by atoms with Crippen molar-refractivity contribution in [1.29, 1.82) is 0 Å². The van der Waals surface area contributed by atoms with Crippen molar-refractivity contribution in [3.05, 3.63) is 21.3 Å². The van der Waals surface area contributed by atoms with Gasteiger partial charge in [0.2, 0.25) is 0 Å². The van der Waals surface area contributed by atoms with Crippen molar-refractivity contribution in [2.75, 3.05) is 39.9 Å². The number of likely N-dealkylation sites (N-methyl/N-ethyl adjacent to an activating group) is 1. The molecule has 0 unspecified atom stereocenters. The van der Waals surface area contributed by atoms with Crippen LogP contribution in [0.5, 0.6) is 0 Å². The molecule has 0 radical (unpaired) electrons. The molecule has 2 atom stereocenters. The molecule has 0 aliphatic carbocycles. The van der Waals surface area contributed by atoms with Crippen LogP contribution in [0.3, 0.4) is 0 Å². The maximum absolute atomic E-state index is 6.20. The summed E-state index contributed by atoms with van der Waals surface area (Å²) in [6, 6.07) is 2.52. The number of fused-ring (bicyclic) bond motifs is 3. The van der Waals surface area contributed by atoms with E-state index >= 15 is 0 Å². The van der Waals surface area contributed by atoms with Gasteiger partial charge in [0.05, 0.1) is 18.2 Å². The summed E-state index contributed by atoms with van der Waals surface area (Å²) in [6.07, 6.45) is 0. The van der Waals surface area contributed by atoms with E-state index < -0.39 is 0 Å². The summed E-state index contributed by atoms with van der Waals surface area (Å²) in [4.78, 5) is 6.28. The number of halogens is 1. The van der Waals surface area contributed by atoms with Gasteiger partial charge in [-0.1, -0.05) is 11.6 Å². The Balaban J connectivity index is 1.72. The fraction of sp³-hybridized carbons (Fsp3) is 0.692. The average molecular weight is 287 g/mol. The number of hydrogen-bond acceptors (Lipinski definition) is 4. The van der Waals surface area contributed by atoms with Crippen molar-refractivity contribution in [1.82, 2.24) is 9.80 Å². The van der Waals surface area contributed by atoms with Crippen molar-refractivity contribution in [2.24, 2.45) is 5.92 Å². The molecule has 3 rings (SSSR count). The van der Waals surface area contributed by atoms with E-state index in [1.807, 2.05) is 6.07 Å². The standard InChI is InChI=1S/C13H19ClN2OS/c1-15-4-10-5-16(6-11(15)9-17-8-10)7-13-12(14)2-3-18-13/h2-3,10-11H,4-9H2,1H3/t10-,11+/m1/s1. The summed E-state index contributed by atoms with van der Waals surface area (Å²) >= 11 is 7.96. The third-order valence-electron chi connectivity index (χ3n) is 3.88. The first-order chi connectivity index (χ1) is 8.72. The fourth-order valence-corrected chi connectivity index (χ4v) is 4.05. The van der Waals surface area contributed by atoms with E-state index in [2.05, 4.69) is 22.2 Å². The summed E-state index contributed by atoms with van der Waals surface area (Å²) in [5.74, 6) is 0.626. The molecule has 2 bridgehead atoms. The van der Waals surface area contributed by atoms with Crippen LogP contribution in [-0.2, 0) is 11.3 Å². The Hall–Kier alpha value is -0.130. The SMILES string of the molecule is CN1C[C@H]2COC[C@@H]1CN(Cc1sccc1Cl)C2. The third-order valence-corrected chi connectivity index (χ3v) is 5.25. The molecule has 1 aromatic rings. The quantitative estimate of drug-likeness (QED) is 0.829. The monoisotopic (exact) mass is 286 g/mol. The summed E-state index contributed by atoms with van der Waals surface area (Å²) < 4.78 is 5.75. The van der Waals surface area contributed by atoms with E-state index in [1.165, 1.54) is 4.88 Å². The highest BCUT2D eigenvalue weighted by Crippen LogP contribution is 2.26. The summed E-state index contributed by atoms with van der Waals surface area (Å²) in [7, 11) is 2.22. The molecular weight excluding hydrogens is 268 g/mol. The molecule has 0 N–H and O–H groups in total. The van der Waals surface area contributed by atoms with Gasteiger partial charge < -0.3 is 4.74 Å². The normalized spacial score (nSPS) is 30.3. The second-order valence-corrected chi connectivity index (χ2v) is 6.79.